The minimum Gasteiger partial charge on any atom is -0.497 e. The highest BCUT2D eigenvalue weighted by Gasteiger charge is 2.21. The number of benzene rings is 1. The van der Waals surface area contributed by atoms with E-state index in [0.717, 1.165) is 30.8 Å². The van der Waals surface area contributed by atoms with Crippen LogP contribution in [0.25, 0.3) is 0 Å². The predicted octanol–water partition coefficient (Wildman–Crippen LogP) is 1.94. The Kier molecular flexibility index (Phi) is 6.03. The van der Waals surface area contributed by atoms with Gasteiger partial charge in [-0.1, -0.05) is 30.8 Å². The van der Waals surface area contributed by atoms with Crippen molar-refractivity contribution in [3.63, 3.8) is 0 Å². The standard InChI is InChI=1S/C18H25N5O2S/c1-13-4-3-9-22(11-13)17(24)12-26-18-21-20-16(23(18)19)10-14-5-7-15(25-2)8-6-14/h5-8,13H,3-4,9-12,19H2,1-2H3/t13-/m1/s1. The number of piperidine rings is 1. The lowest BCUT2D eigenvalue weighted by atomic mass is 10.0. The zero-order valence-electron chi connectivity index (χ0n) is 15.2. The van der Waals surface area contributed by atoms with Gasteiger partial charge < -0.3 is 15.5 Å². The van der Waals surface area contributed by atoms with Gasteiger partial charge in [-0.2, -0.15) is 0 Å². The van der Waals surface area contributed by atoms with Gasteiger partial charge in [-0.15, -0.1) is 10.2 Å². The maximum atomic E-state index is 12.4. The Hall–Kier alpha value is -2.22. The maximum absolute atomic E-state index is 12.4. The van der Waals surface area contributed by atoms with E-state index in [4.69, 9.17) is 10.6 Å². The number of nitrogen functional groups attached to an aromatic ring is 1. The molecule has 140 valence electrons. The molecule has 26 heavy (non-hydrogen) atoms. The molecular formula is C18H25N5O2S. The summed E-state index contributed by atoms with van der Waals surface area (Å²) in [6.45, 7) is 3.88. The minimum atomic E-state index is 0.140. The second-order valence-electron chi connectivity index (χ2n) is 6.67. The van der Waals surface area contributed by atoms with Crippen LogP contribution in [0.5, 0.6) is 5.75 Å². The highest BCUT2D eigenvalue weighted by atomic mass is 32.2. The van der Waals surface area contributed by atoms with Crippen LogP contribution < -0.4 is 10.6 Å². The Bertz CT molecular complexity index is 747. The smallest absolute Gasteiger partial charge is 0.233 e. The number of amides is 1. The molecule has 1 amide bonds. The zero-order valence-corrected chi connectivity index (χ0v) is 16.0. The van der Waals surface area contributed by atoms with Crippen molar-refractivity contribution in [3.05, 3.63) is 35.7 Å². The van der Waals surface area contributed by atoms with Crippen LogP contribution in [-0.2, 0) is 11.2 Å². The number of likely N-dealkylation sites (tertiary alicyclic amines) is 1. The molecule has 1 fully saturated rings. The molecule has 0 aliphatic carbocycles. The summed E-state index contributed by atoms with van der Waals surface area (Å²) in [6.07, 6.45) is 2.85. The predicted molar refractivity (Wildman–Crippen MR) is 102 cm³/mol. The molecule has 0 bridgehead atoms. The Balaban J connectivity index is 1.57. The molecule has 1 aliphatic heterocycles. The number of rotatable bonds is 6. The molecule has 0 spiro atoms. The monoisotopic (exact) mass is 375 g/mol. The summed E-state index contributed by atoms with van der Waals surface area (Å²) in [5, 5.41) is 8.86. The van der Waals surface area contributed by atoms with Crippen molar-refractivity contribution in [2.24, 2.45) is 5.92 Å². The van der Waals surface area contributed by atoms with Gasteiger partial charge in [0.05, 0.1) is 12.9 Å². The number of hydrogen-bond donors (Lipinski definition) is 1. The van der Waals surface area contributed by atoms with E-state index in [2.05, 4.69) is 17.1 Å². The van der Waals surface area contributed by atoms with Crippen LogP contribution in [0.15, 0.2) is 29.4 Å². The SMILES string of the molecule is COc1ccc(Cc2nnc(SCC(=O)N3CCC[C@@H](C)C3)n2N)cc1. The summed E-state index contributed by atoms with van der Waals surface area (Å²) in [6, 6.07) is 7.75. The lowest BCUT2D eigenvalue weighted by molar-refractivity contribution is -0.130. The van der Waals surface area contributed by atoms with Crippen LogP contribution in [0.1, 0.15) is 31.2 Å². The van der Waals surface area contributed by atoms with E-state index in [-0.39, 0.29) is 5.91 Å². The fraction of sp³-hybridized carbons (Fsp3) is 0.500. The van der Waals surface area contributed by atoms with Gasteiger partial charge in [0.2, 0.25) is 11.1 Å². The van der Waals surface area contributed by atoms with Crippen LogP contribution in [0, 0.1) is 5.92 Å². The highest BCUT2D eigenvalue weighted by Crippen LogP contribution is 2.20. The van der Waals surface area contributed by atoms with Crippen molar-refractivity contribution < 1.29 is 9.53 Å². The van der Waals surface area contributed by atoms with Gasteiger partial charge in [-0.25, -0.2) is 4.68 Å². The first-order valence-electron chi connectivity index (χ1n) is 8.79. The summed E-state index contributed by atoms with van der Waals surface area (Å²) < 4.78 is 6.63. The van der Waals surface area contributed by atoms with Crippen molar-refractivity contribution in [3.8, 4) is 5.75 Å². The van der Waals surface area contributed by atoms with E-state index in [1.807, 2.05) is 29.2 Å². The first-order valence-corrected chi connectivity index (χ1v) is 9.78. The van der Waals surface area contributed by atoms with Crippen LogP contribution >= 0.6 is 11.8 Å². The van der Waals surface area contributed by atoms with E-state index in [1.54, 1.807) is 7.11 Å². The lowest BCUT2D eigenvalue weighted by Crippen LogP contribution is -2.40. The van der Waals surface area contributed by atoms with Gasteiger partial charge in [0.1, 0.15) is 5.75 Å². The summed E-state index contributed by atoms with van der Waals surface area (Å²) in [4.78, 5) is 14.3. The molecule has 2 aromatic rings. The molecule has 2 heterocycles. The molecule has 7 nitrogen and oxygen atoms in total. The van der Waals surface area contributed by atoms with Gasteiger partial charge >= 0.3 is 0 Å². The summed E-state index contributed by atoms with van der Waals surface area (Å²) in [7, 11) is 1.64. The average molecular weight is 375 g/mol. The number of carbonyl (C=O) groups excluding carboxylic acids is 1. The minimum absolute atomic E-state index is 0.140. The van der Waals surface area contributed by atoms with Gasteiger partial charge in [-0.05, 0) is 36.5 Å². The number of nitrogens with two attached hydrogens (primary N) is 1. The lowest BCUT2D eigenvalue weighted by Gasteiger charge is -2.30. The van der Waals surface area contributed by atoms with Crippen molar-refractivity contribution in [1.29, 1.82) is 0 Å². The Morgan fingerprint density at radius 1 is 1.35 bits per heavy atom. The molecular weight excluding hydrogens is 350 g/mol. The molecule has 2 N–H and O–H groups in total. The molecule has 1 aromatic carbocycles. The van der Waals surface area contributed by atoms with Crippen LogP contribution in [0.4, 0.5) is 0 Å². The van der Waals surface area contributed by atoms with E-state index in [0.29, 0.717) is 29.1 Å². The summed E-state index contributed by atoms with van der Waals surface area (Å²) in [5.41, 5.74) is 1.07. The summed E-state index contributed by atoms with van der Waals surface area (Å²) >= 11 is 1.34. The third-order valence-corrected chi connectivity index (χ3v) is 5.52. The zero-order chi connectivity index (χ0) is 18.5. The van der Waals surface area contributed by atoms with Crippen molar-refractivity contribution in [2.45, 2.75) is 31.3 Å². The number of hydrogen-bond acceptors (Lipinski definition) is 6. The normalized spacial score (nSPS) is 17.3. The number of thioether (sulfide) groups is 1. The van der Waals surface area contributed by atoms with Crippen LogP contribution in [0.3, 0.4) is 0 Å². The third-order valence-electron chi connectivity index (χ3n) is 4.59. The molecule has 1 saturated heterocycles. The van der Waals surface area contributed by atoms with E-state index in [9.17, 15) is 4.79 Å². The topological polar surface area (TPSA) is 86.3 Å². The molecule has 0 saturated carbocycles. The van der Waals surface area contributed by atoms with E-state index >= 15 is 0 Å². The van der Waals surface area contributed by atoms with Crippen molar-refractivity contribution in [1.82, 2.24) is 19.8 Å². The number of ether oxygens (including phenoxy) is 1. The largest absolute Gasteiger partial charge is 0.497 e. The molecule has 3 rings (SSSR count). The van der Waals surface area contributed by atoms with Gasteiger partial charge in [-0.3, -0.25) is 4.79 Å². The first kappa shape index (κ1) is 18.6. The second kappa shape index (κ2) is 8.44. The molecule has 1 aromatic heterocycles. The molecule has 0 radical (unpaired) electrons. The number of methoxy groups -OCH3 is 1. The van der Waals surface area contributed by atoms with Crippen LogP contribution in [0.2, 0.25) is 0 Å². The quantitative estimate of drug-likeness (QED) is 0.613. The highest BCUT2D eigenvalue weighted by molar-refractivity contribution is 7.99. The second-order valence-corrected chi connectivity index (χ2v) is 7.61. The van der Waals surface area contributed by atoms with Gasteiger partial charge in [0.15, 0.2) is 5.82 Å². The number of nitrogens with zero attached hydrogens (tertiary/aromatic N) is 4. The molecule has 8 heteroatoms. The fourth-order valence-electron chi connectivity index (χ4n) is 3.09. The van der Waals surface area contributed by atoms with Crippen molar-refractivity contribution in [2.75, 3.05) is 31.8 Å². The van der Waals surface area contributed by atoms with Gasteiger partial charge in [0, 0.05) is 19.5 Å². The Morgan fingerprint density at radius 2 is 2.12 bits per heavy atom. The molecule has 1 atom stereocenters. The number of aromatic nitrogens is 3. The van der Waals surface area contributed by atoms with Crippen LogP contribution in [-0.4, -0.2) is 51.6 Å². The maximum Gasteiger partial charge on any atom is 0.233 e. The molecule has 0 unspecified atom stereocenters. The Morgan fingerprint density at radius 3 is 2.81 bits per heavy atom. The van der Waals surface area contributed by atoms with Crippen molar-refractivity contribution >= 4 is 17.7 Å². The van der Waals surface area contributed by atoms with E-state index in [1.165, 1.54) is 22.9 Å². The summed E-state index contributed by atoms with van der Waals surface area (Å²) in [5.74, 6) is 8.64. The first-order chi connectivity index (χ1) is 12.6. The average Bonchev–Trinajstić information content (AvgIpc) is 3.00. The third kappa shape index (κ3) is 4.49. The number of carbonyl (C=O) groups is 1. The Labute approximate surface area is 157 Å². The van der Waals surface area contributed by atoms with E-state index < -0.39 is 0 Å². The molecule has 1 aliphatic rings. The fourth-order valence-corrected chi connectivity index (χ4v) is 3.86. The van der Waals surface area contributed by atoms with Gasteiger partial charge in [0.25, 0.3) is 0 Å².